The van der Waals surface area contributed by atoms with Crippen LogP contribution in [0.4, 0.5) is 13.2 Å². The largest absolute Gasteiger partial charge is 0.493 e. The van der Waals surface area contributed by atoms with Crippen LogP contribution in [0.25, 0.3) is 0 Å². The monoisotopic (exact) mass is 546 g/mol. The molecule has 0 amide bonds. The van der Waals surface area contributed by atoms with Crippen LogP contribution in [0, 0.1) is 6.92 Å². The number of ether oxygens (including phenoxy) is 2. The number of alkyl halides is 3. The summed E-state index contributed by atoms with van der Waals surface area (Å²) in [5.74, 6) is 1.34. The Kier molecular flexibility index (Phi) is 14.9. The van der Waals surface area contributed by atoms with Gasteiger partial charge in [0.2, 0.25) is 0 Å². The van der Waals surface area contributed by atoms with Gasteiger partial charge >= 0.3 is 6.18 Å². The summed E-state index contributed by atoms with van der Waals surface area (Å²) in [4.78, 5) is 5.76. The minimum absolute atomic E-state index is 0. The molecule has 30 heavy (non-hydrogen) atoms. The predicted molar refractivity (Wildman–Crippen MR) is 125 cm³/mol. The second-order valence-corrected chi connectivity index (χ2v) is 6.78. The lowest BCUT2D eigenvalue weighted by Gasteiger charge is -2.19. The van der Waals surface area contributed by atoms with Gasteiger partial charge in [-0.25, -0.2) is 4.99 Å². The van der Waals surface area contributed by atoms with Crippen LogP contribution in [0.1, 0.15) is 24.5 Å². The number of aliphatic imine (C=N–C) groups is 1. The molecule has 2 N–H and O–H groups in total. The average molecular weight is 546 g/mol. The third-order valence-electron chi connectivity index (χ3n) is 3.96. The highest BCUT2D eigenvalue weighted by Crippen LogP contribution is 2.21. The molecule has 0 aliphatic carbocycles. The van der Waals surface area contributed by atoms with E-state index in [0.29, 0.717) is 38.8 Å². The zero-order valence-corrected chi connectivity index (χ0v) is 20.5. The Hall–Kier alpha value is -1.27. The van der Waals surface area contributed by atoms with Gasteiger partial charge in [-0.2, -0.15) is 13.2 Å². The first kappa shape index (κ1) is 28.7. The third-order valence-corrected chi connectivity index (χ3v) is 3.96. The van der Waals surface area contributed by atoms with Gasteiger partial charge in [0.15, 0.2) is 5.96 Å². The van der Waals surface area contributed by atoms with Crippen LogP contribution < -0.4 is 15.4 Å². The summed E-state index contributed by atoms with van der Waals surface area (Å²) in [7, 11) is 3.10. The topological polar surface area (TPSA) is 58.1 Å². The van der Waals surface area contributed by atoms with Crippen molar-refractivity contribution in [3.05, 3.63) is 29.3 Å². The number of likely N-dealkylation sites (N-methyl/N-ethyl adjacent to an activating group) is 1. The van der Waals surface area contributed by atoms with Crippen LogP contribution >= 0.6 is 24.0 Å². The predicted octanol–water partition coefficient (Wildman–Crippen LogP) is 3.58. The summed E-state index contributed by atoms with van der Waals surface area (Å²) in [5.41, 5.74) is 2.04. The zero-order chi connectivity index (χ0) is 21.7. The van der Waals surface area contributed by atoms with Crippen molar-refractivity contribution in [3.63, 3.8) is 0 Å². The van der Waals surface area contributed by atoms with E-state index in [-0.39, 0.29) is 30.5 Å². The van der Waals surface area contributed by atoms with Crippen molar-refractivity contribution >= 4 is 29.9 Å². The van der Waals surface area contributed by atoms with Crippen LogP contribution in [0.3, 0.4) is 0 Å². The van der Waals surface area contributed by atoms with Crippen LogP contribution in [0.2, 0.25) is 0 Å². The lowest BCUT2D eigenvalue weighted by Crippen LogP contribution is -2.42. The molecule has 0 saturated heterocycles. The Balaban J connectivity index is 0.00000841. The van der Waals surface area contributed by atoms with E-state index in [4.69, 9.17) is 9.47 Å². The molecule has 0 heterocycles. The molecule has 10 heteroatoms. The lowest BCUT2D eigenvalue weighted by atomic mass is 10.1. The number of nitrogens with zero attached hydrogens (tertiary/aromatic N) is 2. The highest BCUT2D eigenvalue weighted by Gasteiger charge is 2.28. The first-order chi connectivity index (χ1) is 13.7. The molecule has 0 bridgehead atoms. The molecular weight excluding hydrogens is 512 g/mol. The minimum Gasteiger partial charge on any atom is -0.493 e. The fourth-order valence-electron chi connectivity index (χ4n) is 2.57. The quantitative estimate of drug-likeness (QED) is 0.182. The van der Waals surface area contributed by atoms with Crippen molar-refractivity contribution in [2.45, 2.75) is 33.0 Å². The fourth-order valence-corrected chi connectivity index (χ4v) is 2.57. The number of benzene rings is 1. The number of halogens is 4. The molecule has 0 spiro atoms. The Labute approximate surface area is 194 Å². The molecule has 0 radical (unpaired) electrons. The number of hydrogen-bond acceptors (Lipinski definition) is 4. The van der Waals surface area contributed by atoms with Gasteiger partial charge in [0.1, 0.15) is 5.75 Å². The molecule has 0 aliphatic heterocycles. The summed E-state index contributed by atoms with van der Waals surface area (Å²) in [6.07, 6.45) is -3.40. The SMILES string of the molecule is CCNC(=NCc1ccc(C)cc1OCCCOC)NCCN(C)CC(F)(F)F.I. The highest BCUT2D eigenvalue weighted by atomic mass is 127. The Morgan fingerprint density at radius 2 is 1.93 bits per heavy atom. The standard InChI is InChI=1S/C20H33F3N4O2.HI/c1-5-24-19(25-9-10-27(3)15-20(21,22)23)26-14-17-8-7-16(2)13-18(17)29-12-6-11-28-4;/h7-8,13H,5-6,9-12,14-15H2,1-4H3,(H2,24,25,26);1H. The number of aryl methyl sites for hydroxylation is 1. The summed E-state index contributed by atoms with van der Waals surface area (Å²) >= 11 is 0. The molecular formula is C20H34F3IN4O2. The van der Waals surface area contributed by atoms with Crippen molar-refractivity contribution in [2.75, 3.05) is 53.6 Å². The molecule has 6 nitrogen and oxygen atoms in total. The molecule has 0 aromatic heterocycles. The minimum atomic E-state index is -4.20. The third kappa shape index (κ3) is 13.1. The van der Waals surface area contributed by atoms with E-state index in [9.17, 15) is 13.2 Å². The number of nitrogens with one attached hydrogen (secondary N) is 2. The maximum absolute atomic E-state index is 12.4. The average Bonchev–Trinajstić information content (AvgIpc) is 2.63. The van der Waals surface area contributed by atoms with Gasteiger partial charge in [0.25, 0.3) is 0 Å². The number of guanidine groups is 1. The van der Waals surface area contributed by atoms with Crippen LogP contribution in [0.15, 0.2) is 23.2 Å². The molecule has 0 saturated carbocycles. The summed E-state index contributed by atoms with van der Waals surface area (Å²) < 4.78 is 48.1. The summed E-state index contributed by atoms with van der Waals surface area (Å²) in [6.45, 7) is 5.84. The molecule has 0 fully saturated rings. The lowest BCUT2D eigenvalue weighted by molar-refractivity contribution is -0.142. The number of hydrogen-bond donors (Lipinski definition) is 2. The molecule has 1 rings (SSSR count). The number of methoxy groups -OCH3 is 1. The second-order valence-electron chi connectivity index (χ2n) is 6.78. The normalized spacial score (nSPS) is 11.9. The smallest absolute Gasteiger partial charge is 0.401 e. The first-order valence-electron chi connectivity index (χ1n) is 9.74. The molecule has 0 atom stereocenters. The van der Waals surface area contributed by atoms with Crippen molar-refractivity contribution in [2.24, 2.45) is 4.99 Å². The molecule has 1 aromatic carbocycles. The summed E-state index contributed by atoms with van der Waals surface area (Å²) in [6, 6.07) is 5.95. The van der Waals surface area contributed by atoms with E-state index in [2.05, 4.69) is 15.6 Å². The Morgan fingerprint density at radius 3 is 2.57 bits per heavy atom. The van der Waals surface area contributed by atoms with Crippen molar-refractivity contribution in [1.82, 2.24) is 15.5 Å². The van der Waals surface area contributed by atoms with E-state index in [0.717, 1.165) is 23.3 Å². The van der Waals surface area contributed by atoms with Gasteiger partial charge in [-0.1, -0.05) is 12.1 Å². The Morgan fingerprint density at radius 1 is 1.20 bits per heavy atom. The molecule has 174 valence electrons. The van der Waals surface area contributed by atoms with Crippen LogP contribution in [-0.4, -0.2) is 70.6 Å². The Bertz CT molecular complexity index is 631. The van der Waals surface area contributed by atoms with E-state index >= 15 is 0 Å². The molecule has 1 aromatic rings. The highest BCUT2D eigenvalue weighted by molar-refractivity contribution is 14.0. The van der Waals surface area contributed by atoms with E-state index in [1.807, 2.05) is 32.0 Å². The summed E-state index contributed by atoms with van der Waals surface area (Å²) in [5, 5.41) is 6.18. The van der Waals surface area contributed by atoms with E-state index in [1.54, 1.807) is 7.11 Å². The molecule has 0 unspecified atom stereocenters. The van der Waals surface area contributed by atoms with Gasteiger partial charge < -0.3 is 20.1 Å². The van der Waals surface area contributed by atoms with Gasteiger partial charge in [0, 0.05) is 45.3 Å². The number of rotatable bonds is 12. The van der Waals surface area contributed by atoms with Crippen molar-refractivity contribution in [3.8, 4) is 5.75 Å². The maximum atomic E-state index is 12.4. The van der Waals surface area contributed by atoms with Gasteiger partial charge in [0.05, 0.1) is 19.7 Å². The van der Waals surface area contributed by atoms with Crippen LogP contribution in [0.5, 0.6) is 5.75 Å². The van der Waals surface area contributed by atoms with Gasteiger partial charge in [-0.3, -0.25) is 4.90 Å². The van der Waals surface area contributed by atoms with E-state index < -0.39 is 12.7 Å². The van der Waals surface area contributed by atoms with Crippen LogP contribution in [-0.2, 0) is 11.3 Å². The molecule has 0 aliphatic rings. The van der Waals surface area contributed by atoms with E-state index in [1.165, 1.54) is 11.9 Å². The second kappa shape index (κ2) is 15.5. The van der Waals surface area contributed by atoms with Gasteiger partial charge in [-0.15, -0.1) is 24.0 Å². The van der Waals surface area contributed by atoms with Crippen molar-refractivity contribution < 1.29 is 22.6 Å². The first-order valence-corrected chi connectivity index (χ1v) is 9.74. The fraction of sp³-hybridized carbons (Fsp3) is 0.650. The van der Waals surface area contributed by atoms with Gasteiger partial charge in [-0.05, 0) is 32.5 Å². The maximum Gasteiger partial charge on any atom is 0.401 e. The van der Waals surface area contributed by atoms with Crippen molar-refractivity contribution in [1.29, 1.82) is 0 Å². The zero-order valence-electron chi connectivity index (χ0n) is 18.1.